The standard InChI is InChI=1S/C12H12FN3O2S/c1-7-4-11(16-18-7)15-12(17)6-19-10-5-8(13)2-3-9(10)14/h2-5H,6,14H2,1H3,(H,15,16,17). The fourth-order valence-electron chi connectivity index (χ4n) is 1.38. The van der Waals surface area contributed by atoms with E-state index >= 15 is 0 Å². The normalized spacial score (nSPS) is 10.4. The summed E-state index contributed by atoms with van der Waals surface area (Å²) in [6.07, 6.45) is 0. The van der Waals surface area contributed by atoms with Gasteiger partial charge in [0.15, 0.2) is 5.82 Å². The predicted octanol–water partition coefficient (Wildman–Crippen LogP) is 2.44. The van der Waals surface area contributed by atoms with Crippen molar-refractivity contribution in [1.29, 1.82) is 0 Å². The zero-order valence-electron chi connectivity index (χ0n) is 10.1. The van der Waals surface area contributed by atoms with Crippen LogP contribution in [0.5, 0.6) is 0 Å². The molecule has 1 amide bonds. The Morgan fingerprint density at radius 2 is 2.32 bits per heavy atom. The highest BCUT2D eigenvalue weighted by molar-refractivity contribution is 8.00. The van der Waals surface area contributed by atoms with Crippen molar-refractivity contribution >= 4 is 29.2 Å². The molecular weight excluding hydrogens is 269 g/mol. The summed E-state index contributed by atoms with van der Waals surface area (Å²) in [7, 11) is 0. The van der Waals surface area contributed by atoms with Crippen LogP contribution in [0, 0.1) is 12.7 Å². The van der Waals surface area contributed by atoms with E-state index in [-0.39, 0.29) is 17.5 Å². The number of nitrogens with two attached hydrogens (primary N) is 1. The van der Waals surface area contributed by atoms with Gasteiger partial charge in [-0.2, -0.15) is 0 Å². The highest BCUT2D eigenvalue weighted by Gasteiger charge is 2.09. The van der Waals surface area contributed by atoms with Crippen LogP contribution in [0.4, 0.5) is 15.9 Å². The molecule has 0 aliphatic carbocycles. The molecule has 1 aromatic heterocycles. The molecule has 1 heterocycles. The summed E-state index contributed by atoms with van der Waals surface area (Å²) in [6, 6.07) is 5.65. The summed E-state index contributed by atoms with van der Waals surface area (Å²) in [6.45, 7) is 1.73. The Balaban J connectivity index is 1.91. The molecule has 100 valence electrons. The Labute approximate surface area is 113 Å². The average molecular weight is 281 g/mol. The lowest BCUT2D eigenvalue weighted by Crippen LogP contribution is -2.14. The van der Waals surface area contributed by atoms with Crippen LogP contribution in [0.3, 0.4) is 0 Å². The summed E-state index contributed by atoms with van der Waals surface area (Å²) in [4.78, 5) is 12.2. The highest BCUT2D eigenvalue weighted by Crippen LogP contribution is 2.25. The molecule has 0 fully saturated rings. The molecule has 2 rings (SSSR count). The number of nitrogens with zero attached hydrogens (tertiary/aromatic N) is 1. The lowest BCUT2D eigenvalue weighted by Gasteiger charge is -2.05. The van der Waals surface area contributed by atoms with Crippen LogP contribution < -0.4 is 11.1 Å². The first-order valence-electron chi connectivity index (χ1n) is 5.45. The monoisotopic (exact) mass is 281 g/mol. The van der Waals surface area contributed by atoms with Gasteiger partial charge in [-0.05, 0) is 25.1 Å². The lowest BCUT2D eigenvalue weighted by molar-refractivity contribution is -0.113. The smallest absolute Gasteiger partial charge is 0.235 e. The third-order valence-electron chi connectivity index (χ3n) is 2.23. The number of hydrogen-bond donors (Lipinski definition) is 2. The average Bonchev–Trinajstić information content (AvgIpc) is 2.76. The summed E-state index contributed by atoms with van der Waals surface area (Å²) in [5.41, 5.74) is 6.13. The number of carbonyl (C=O) groups excluding carboxylic acids is 1. The Bertz CT molecular complexity index is 600. The van der Waals surface area contributed by atoms with Gasteiger partial charge in [0.1, 0.15) is 11.6 Å². The van der Waals surface area contributed by atoms with Gasteiger partial charge in [-0.15, -0.1) is 11.8 Å². The Morgan fingerprint density at radius 3 is 3.00 bits per heavy atom. The molecule has 0 atom stereocenters. The van der Waals surface area contributed by atoms with Gasteiger partial charge in [0, 0.05) is 16.6 Å². The molecule has 0 saturated heterocycles. The Kier molecular flexibility index (Phi) is 4.06. The number of rotatable bonds is 4. The van der Waals surface area contributed by atoms with Crippen LogP contribution in [-0.4, -0.2) is 16.8 Å². The van der Waals surface area contributed by atoms with Crippen molar-refractivity contribution in [1.82, 2.24) is 5.16 Å². The van der Waals surface area contributed by atoms with Crippen LogP contribution in [-0.2, 0) is 4.79 Å². The number of hydrogen-bond acceptors (Lipinski definition) is 5. The number of anilines is 2. The minimum absolute atomic E-state index is 0.111. The number of aromatic nitrogens is 1. The van der Waals surface area contributed by atoms with Crippen molar-refractivity contribution in [2.24, 2.45) is 0 Å². The van der Waals surface area contributed by atoms with E-state index in [4.69, 9.17) is 10.3 Å². The van der Waals surface area contributed by atoms with Crippen LogP contribution in [0.2, 0.25) is 0 Å². The third kappa shape index (κ3) is 3.72. The quantitative estimate of drug-likeness (QED) is 0.664. The van der Waals surface area contributed by atoms with Crippen molar-refractivity contribution in [3.05, 3.63) is 35.8 Å². The molecule has 5 nitrogen and oxygen atoms in total. The first kappa shape index (κ1) is 13.4. The predicted molar refractivity (Wildman–Crippen MR) is 71.4 cm³/mol. The van der Waals surface area contributed by atoms with Gasteiger partial charge in [-0.3, -0.25) is 4.79 Å². The Morgan fingerprint density at radius 1 is 1.53 bits per heavy atom. The minimum Gasteiger partial charge on any atom is -0.398 e. The largest absolute Gasteiger partial charge is 0.398 e. The number of nitrogens with one attached hydrogen (secondary N) is 1. The molecular formula is C12H12FN3O2S. The van der Waals surface area contributed by atoms with Crippen molar-refractivity contribution in [2.75, 3.05) is 16.8 Å². The third-order valence-corrected chi connectivity index (χ3v) is 3.30. The summed E-state index contributed by atoms with van der Waals surface area (Å²) in [5, 5.41) is 6.21. The van der Waals surface area contributed by atoms with Gasteiger partial charge >= 0.3 is 0 Å². The van der Waals surface area contributed by atoms with Crippen molar-refractivity contribution in [3.8, 4) is 0 Å². The molecule has 0 spiro atoms. The van der Waals surface area contributed by atoms with Gasteiger partial charge in [-0.1, -0.05) is 5.16 Å². The molecule has 0 bridgehead atoms. The van der Waals surface area contributed by atoms with E-state index in [2.05, 4.69) is 10.5 Å². The van der Waals surface area contributed by atoms with Crippen molar-refractivity contribution < 1.29 is 13.7 Å². The van der Waals surface area contributed by atoms with Gasteiger partial charge in [-0.25, -0.2) is 4.39 Å². The van der Waals surface area contributed by atoms with Crippen molar-refractivity contribution in [2.45, 2.75) is 11.8 Å². The van der Waals surface area contributed by atoms with E-state index in [0.29, 0.717) is 22.2 Å². The molecule has 0 saturated carbocycles. The van der Waals surface area contributed by atoms with Crippen LogP contribution in [0.15, 0.2) is 33.7 Å². The van der Waals surface area contributed by atoms with Gasteiger partial charge in [0.05, 0.1) is 5.75 Å². The van der Waals surface area contributed by atoms with E-state index in [1.54, 1.807) is 13.0 Å². The van der Waals surface area contributed by atoms with Crippen molar-refractivity contribution in [3.63, 3.8) is 0 Å². The number of thioether (sulfide) groups is 1. The van der Waals surface area contributed by atoms with Gasteiger partial charge in [0.2, 0.25) is 5.91 Å². The molecule has 2 aromatic rings. The number of nitrogen functional groups attached to an aromatic ring is 1. The number of benzene rings is 1. The summed E-state index contributed by atoms with van der Waals surface area (Å²) >= 11 is 1.16. The van der Waals surface area contributed by atoms with Crippen LogP contribution >= 0.6 is 11.8 Å². The first-order valence-corrected chi connectivity index (χ1v) is 6.44. The maximum absolute atomic E-state index is 13.0. The van der Waals surface area contributed by atoms with Crippen LogP contribution in [0.25, 0.3) is 0 Å². The number of carbonyl (C=O) groups is 1. The topological polar surface area (TPSA) is 81.2 Å². The molecule has 0 unspecified atom stereocenters. The molecule has 7 heteroatoms. The Hall–Kier alpha value is -2.02. The van der Waals surface area contributed by atoms with E-state index < -0.39 is 0 Å². The SMILES string of the molecule is Cc1cc(NC(=O)CSc2cc(F)ccc2N)no1. The van der Waals surface area contributed by atoms with Crippen LogP contribution in [0.1, 0.15) is 5.76 Å². The molecule has 0 aliphatic rings. The zero-order valence-corrected chi connectivity index (χ0v) is 11.0. The first-order chi connectivity index (χ1) is 9.04. The number of aryl methyl sites for hydroxylation is 1. The summed E-state index contributed by atoms with van der Waals surface area (Å²) in [5.74, 6) is 0.429. The van der Waals surface area contributed by atoms with E-state index in [0.717, 1.165) is 11.8 Å². The second kappa shape index (κ2) is 5.75. The second-order valence-corrected chi connectivity index (χ2v) is 4.86. The van der Waals surface area contributed by atoms with E-state index in [9.17, 15) is 9.18 Å². The number of amides is 1. The number of halogens is 1. The fraction of sp³-hybridized carbons (Fsp3) is 0.167. The highest BCUT2D eigenvalue weighted by atomic mass is 32.2. The van der Waals surface area contributed by atoms with Gasteiger partial charge < -0.3 is 15.6 Å². The maximum atomic E-state index is 13.0. The minimum atomic E-state index is -0.385. The van der Waals surface area contributed by atoms with Gasteiger partial charge in [0.25, 0.3) is 0 Å². The fourth-order valence-corrected chi connectivity index (χ4v) is 2.17. The maximum Gasteiger partial charge on any atom is 0.235 e. The zero-order chi connectivity index (χ0) is 13.8. The molecule has 3 N–H and O–H groups in total. The molecule has 1 aromatic carbocycles. The summed E-state index contributed by atoms with van der Waals surface area (Å²) < 4.78 is 17.9. The van der Waals surface area contributed by atoms with E-state index in [1.807, 2.05) is 0 Å². The molecule has 0 aliphatic heterocycles. The molecule has 0 radical (unpaired) electrons. The lowest BCUT2D eigenvalue weighted by atomic mass is 10.3. The van der Waals surface area contributed by atoms with E-state index in [1.165, 1.54) is 18.2 Å². The second-order valence-electron chi connectivity index (χ2n) is 3.84. The molecule has 19 heavy (non-hydrogen) atoms.